The molecule has 1 amide bonds. The molecule has 0 spiro atoms. The van der Waals surface area contributed by atoms with Gasteiger partial charge in [0.2, 0.25) is 11.0 Å². The highest BCUT2D eigenvalue weighted by atomic mass is 32.1. The number of hydrogen-bond acceptors (Lipinski definition) is 8. The lowest BCUT2D eigenvalue weighted by Gasteiger charge is -2.34. The Labute approximate surface area is 168 Å². The van der Waals surface area contributed by atoms with Gasteiger partial charge < -0.3 is 15.0 Å². The average Bonchev–Trinajstić information content (AvgIpc) is 3.13. The quantitative estimate of drug-likeness (QED) is 0.822. The second-order valence-electron chi connectivity index (χ2n) is 7.23. The molecule has 0 saturated carbocycles. The number of likely N-dealkylation sites (tertiary alicyclic amines) is 1. The number of hydrogen-bond donors (Lipinski definition) is 1. The zero-order chi connectivity index (χ0) is 19.3. The molecule has 8 nitrogen and oxygen atoms in total. The van der Waals surface area contributed by atoms with Crippen molar-refractivity contribution in [2.24, 2.45) is 0 Å². The van der Waals surface area contributed by atoms with Crippen molar-refractivity contribution in [3.8, 4) is 0 Å². The predicted octanol–water partition coefficient (Wildman–Crippen LogP) is 2.37. The summed E-state index contributed by atoms with van der Waals surface area (Å²) in [6.07, 6.45) is 3.33. The summed E-state index contributed by atoms with van der Waals surface area (Å²) in [5, 5.41) is 12.9. The second kappa shape index (κ2) is 8.93. The molecule has 1 N–H and O–H groups in total. The van der Waals surface area contributed by atoms with E-state index in [-0.39, 0.29) is 12.0 Å². The summed E-state index contributed by atoms with van der Waals surface area (Å²) >= 11 is 1.49. The first kappa shape index (κ1) is 19.2. The van der Waals surface area contributed by atoms with Crippen molar-refractivity contribution in [2.75, 3.05) is 44.6 Å². The highest BCUT2D eigenvalue weighted by molar-refractivity contribution is 7.15. The molecule has 2 aliphatic rings. The van der Waals surface area contributed by atoms with Gasteiger partial charge in [0.25, 0.3) is 0 Å². The standard InChI is InChI=1S/C19H26N6O2S/c1-14-22-23-19(28-14)21-17-7-5-6-15(20-17)16-12-24(10-11-27-16)13-18(26)25-8-3-2-4-9-25/h5-7,16H,2-4,8-13H2,1H3,(H,20,21,23)/t16-/m0/s1. The number of aryl methyl sites for hydroxylation is 1. The van der Waals surface area contributed by atoms with Crippen molar-refractivity contribution in [1.29, 1.82) is 0 Å². The molecule has 2 aliphatic heterocycles. The summed E-state index contributed by atoms with van der Waals surface area (Å²) in [6, 6.07) is 5.83. The molecule has 4 heterocycles. The van der Waals surface area contributed by atoms with Crippen LogP contribution in [0.2, 0.25) is 0 Å². The minimum atomic E-state index is -0.138. The van der Waals surface area contributed by atoms with Crippen molar-refractivity contribution in [3.63, 3.8) is 0 Å². The largest absolute Gasteiger partial charge is 0.369 e. The molecule has 1 atom stereocenters. The Kier molecular flexibility index (Phi) is 6.13. The number of nitrogens with zero attached hydrogens (tertiary/aromatic N) is 5. The maximum atomic E-state index is 12.6. The molecular formula is C19H26N6O2S. The van der Waals surface area contributed by atoms with Gasteiger partial charge in [-0.1, -0.05) is 17.4 Å². The number of carbonyl (C=O) groups is 1. The molecule has 28 heavy (non-hydrogen) atoms. The van der Waals surface area contributed by atoms with Gasteiger partial charge in [0.05, 0.1) is 18.8 Å². The van der Waals surface area contributed by atoms with Crippen molar-refractivity contribution in [1.82, 2.24) is 25.0 Å². The molecule has 2 fully saturated rings. The molecule has 0 radical (unpaired) electrons. The van der Waals surface area contributed by atoms with E-state index >= 15 is 0 Å². The summed E-state index contributed by atoms with van der Waals surface area (Å²) in [5.74, 6) is 0.953. The fourth-order valence-electron chi connectivity index (χ4n) is 3.62. The Hall–Kier alpha value is -2.10. The number of pyridine rings is 1. The number of carbonyl (C=O) groups excluding carboxylic acids is 1. The summed E-state index contributed by atoms with van der Waals surface area (Å²) < 4.78 is 5.95. The summed E-state index contributed by atoms with van der Waals surface area (Å²) in [4.78, 5) is 21.4. The van der Waals surface area contributed by atoms with Gasteiger partial charge in [-0.05, 0) is 38.3 Å². The Morgan fingerprint density at radius 3 is 2.89 bits per heavy atom. The monoisotopic (exact) mass is 402 g/mol. The van der Waals surface area contributed by atoms with Crippen LogP contribution in [0.25, 0.3) is 0 Å². The number of amides is 1. The van der Waals surface area contributed by atoms with Crippen molar-refractivity contribution < 1.29 is 9.53 Å². The first-order chi connectivity index (χ1) is 13.7. The van der Waals surface area contributed by atoms with Gasteiger partial charge >= 0.3 is 0 Å². The van der Waals surface area contributed by atoms with Crippen LogP contribution in [0, 0.1) is 6.92 Å². The maximum Gasteiger partial charge on any atom is 0.236 e. The first-order valence-electron chi connectivity index (χ1n) is 9.83. The van der Waals surface area contributed by atoms with Crippen molar-refractivity contribution in [3.05, 3.63) is 28.9 Å². The van der Waals surface area contributed by atoms with Gasteiger partial charge in [-0.2, -0.15) is 0 Å². The van der Waals surface area contributed by atoms with Gasteiger partial charge in [0.15, 0.2) is 0 Å². The van der Waals surface area contributed by atoms with E-state index in [1.54, 1.807) is 0 Å². The van der Waals surface area contributed by atoms with Crippen LogP contribution in [0.3, 0.4) is 0 Å². The van der Waals surface area contributed by atoms with E-state index in [4.69, 9.17) is 4.74 Å². The molecule has 4 rings (SSSR count). The van der Waals surface area contributed by atoms with E-state index in [1.807, 2.05) is 30.0 Å². The fourth-order valence-corrected chi connectivity index (χ4v) is 4.22. The fraction of sp³-hybridized carbons (Fsp3) is 0.579. The van der Waals surface area contributed by atoms with E-state index in [1.165, 1.54) is 17.8 Å². The number of rotatable bonds is 5. The second-order valence-corrected chi connectivity index (χ2v) is 8.42. The third-order valence-corrected chi connectivity index (χ3v) is 5.83. The average molecular weight is 403 g/mol. The summed E-state index contributed by atoms with van der Waals surface area (Å²) in [6.45, 7) is 6.23. The highest BCUT2D eigenvalue weighted by Gasteiger charge is 2.26. The normalized spacial score (nSPS) is 20.9. The van der Waals surface area contributed by atoms with Crippen molar-refractivity contribution in [2.45, 2.75) is 32.3 Å². The van der Waals surface area contributed by atoms with Gasteiger partial charge in [-0.25, -0.2) is 4.98 Å². The molecule has 2 saturated heterocycles. The molecule has 0 bridgehead atoms. The summed E-state index contributed by atoms with van der Waals surface area (Å²) in [7, 11) is 0. The number of piperidine rings is 1. The third-order valence-electron chi connectivity index (χ3n) is 5.08. The molecule has 0 unspecified atom stereocenters. The van der Waals surface area contributed by atoms with Gasteiger partial charge in [-0.3, -0.25) is 9.69 Å². The topological polar surface area (TPSA) is 83.5 Å². The van der Waals surface area contributed by atoms with Gasteiger partial charge in [0, 0.05) is 26.2 Å². The molecule has 2 aromatic heterocycles. The van der Waals surface area contributed by atoms with Crippen LogP contribution in [0.5, 0.6) is 0 Å². The van der Waals surface area contributed by atoms with Crippen LogP contribution in [0.1, 0.15) is 36.1 Å². The van der Waals surface area contributed by atoms with E-state index in [9.17, 15) is 4.79 Å². The smallest absolute Gasteiger partial charge is 0.236 e. The van der Waals surface area contributed by atoms with Gasteiger partial charge in [0.1, 0.15) is 16.9 Å². The zero-order valence-corrected chi connectivity index (χ0v) is 17.0. The van der Waals surface area contributed by atoms with Crippen LogP contribution < -0.4 is 5.32 Å². The molecule has 2 aromatic rings. The minimum Gasteiger partial charge on any atom is -0.369 e. The predicted molar refractivity (Wildman–Crippen MR) is 108 cm³/mol. The van der Waals surface area contributed by atoms with E-state index in [0.29, 0.717) is 19.7 Å². The number of aromatic nitrogens is 3. The van der Waals surface area contributed by atoms with Gasteiger partial charge in [-0.15, -0.1) is 10.2 Å². The number of morpholine rings is 1. The molecule has 0 aliphatic carbocycles. The molecular weight excluding hydrogens is 376 g/mol. The maximum absolute atomic E-state index is 12.6. The van der Waals surface area contributed by atoms with Crippen LogP contribution in [-0.2, 0) is 9.53 Å². The molecule has 150 valence electrons. The Morgan fingerprint density at radius 2 is 2.11 bits per heavy atom. The van der Waals surface area contributed by atoms with Crippen LogP contribution in [0.15, 0.2) is 18.2 Å². The van der Waals surface area contributed by atoms with Crippen LogP contribution in [0.4, 0.5) is 10.9 Å². The Morgan fingerprint density at radius 1 is 1.25 bits per heavy atom. The zero-order valence-electron chi connectivity index (χ0n) is 16.1. The Bertz CT molecular complexity index is 807. The summed E-state index contributed by atoms with van der Waals surface area (Å²) in [5.41, 5.74) is 0.862. The lowest BCUT2D eigenvalue weighted by molar-refractivity contribution is -0.135. The lowest BCUT2D eigenvalue weighted by atomic mass is 10.1. The number of anilines is 2. The van der Waals surface area contributed by atoms with Crippen LogP contribution in [-0.4, -0.2) is 70.2 Å². The van der Waals surface area contributed by atoms with E-state index < -0.39 is 0 Å². The highest BCUT2D eigenvalue weighted by Crippen LogP contribution is 2.24. The number of ether oxygens (including phenoxy) is 1. The third kappa shape index (κ3) is 4.84. The SMILES string of the molecule is Cc1nnc(Nc2cccc([C@@H]3CN(CC(=O)N4CCCCC4)CCO3)n2)s1. The Balaban J connectivity index is 1.37. The van der Waals surface area contributed by atoms with Crippen molar-refractivity contribution >= 4 is 28.2 Å². The molecule has 0 aromatic carbocycles. The minimum absolute atomic E-state index is 0.138. The molecule has 9 heteroatoms. The number of nitrogens with one attached hydrogen (secondary N) is 1. The van der Waals surface area contributed by atoms with E-state index in [2.05, 4.69) is 25.4 Å². The van der Waals surface area contributed by atoms with Crippen LogP contribution >= 0.6 is 11.3 Å². The lowest BCUT2D eigenvalue weighted by Crippen LogP contribution is -2.46. The van der Waals surface area contributed by atoms with E-state index in [0.717, 1.165) is 54.1 Å². The first-order valence-corrected chi connectivity index (χ1v) is 10.6.